The number of hydrogen-bond acceptors (Lipinski definition) is 5. The molecule has 1 N–H and O–H groups in total. The Morgan fingerprint density at radius 3 is 2.61 bits per heavy atom. The second-order valence-electron chi connectivity index (χ2n) is 6.98. The van der Waals surface area contributed by atoms with Crippen molar-refractivity contribution in [2.75, 3.05) is 29.9 Å². The van der Waals surface area contributed by atoms with Gasteiger partial charge in [-0.15, -0.1) is 12.4 Å². The molecule has 1 saturated heterocycles. The quantitative estimate of drug-likeness (QED) is 0.564. The Morgan fingerprint density at radius 2 is 1.90 bits per heavy atom. The van der Waals surface area contributed by atoms with Gasteiger partial charge in [-0.2, -0.15) is 24.9 Å². The molecule has 4 rings (SSSR count). The van der Waals surface area contributed by atoms with Gasteiger partial charge in [0.2, 0.25) is 0 Å². The smallest absolute Gasteiger partial charge is 0.354 e. The van der Waals surface area contributed by atoms with E-state index >= 15 is 0 Å². The number of fused-ring (bicyclic) bond motifs is 1. The fourth-order valence-electron chi connectivity index (χ4n) is 3.32. The third kappa shape index (κ3) is 5.04. The van der Waals surface area contributed by atoms with Crippen molar-refractivity contribution < 1.29 is 18.0 Å². The Labute approximate surface area is 187 Å². The average Bonchev–Trinajstić information content (AvgIpc) is 2.73. The molecule has 164 valence electrons. The van der Waals surface area contributed by atoms with Crippen LogP contribution >= 0.6 is 24.2 Å². The van der Waals surface area contributed by atoms with Crippen LogP contribution in [-0.2, 0) is 6.18 Å². The summed E-state index contributed by atoms with van der Waals surface area (Å²) in [5.74, 6) is 1.51. The third-order valence-electron chi connectivity index (χ3n) is 4.86. The number of rotatable bonds is 3. The molecule has 0 atom stereocenters. The first-order valence-electron chi connectivity index (χ1n) is 9.40. The summed E-state index contributed by atoms with van der Waals surface area (Å²) < 4.78 is 39.4. The lowest BCUT2D eigenvalue weighted by molar-refractivity contribution is -0.137. The number of nitrogens with zero attached hydrogens (tertiary/aromatic N) is 3. The summed E-state index contributed by atoms with van der Waals surface area (Å²) in [6, 6.07) is 8.48. The molecule has 1 aromatic carbocycles. The topological polar surface area (TPSA) is 58.1 Å². The maximum atomic E-state index is 13.2. The summed E-state index contributed by atoms with van der Waals surface area (Å²) >= 11 is 1.78. The Kier molecular flexibility index (Phi) is 6.96. The largest absolute Gasteiger partial charge is 0.416 e. The highest BCUT2D eigenvalue weighted by molar-refractivity contribution is 7.99. The van der Waals surface area contributed by atoms with Crippen LogP contribution in [0.5, 0.6) is 0 Å². The summed E-state index contributed by atoms with van der Waals surface area (Å²) in [6.07, 6.45) is -3.00. The minimum Gasteiger partial charge on any atom is -0.354 e. The molecule has 1 fully saturated rings. The van der Waals surface area contributed by atoms with Crippen LogP contribution in [0.1, 0.15) is 21.6 Å². The standard InChI is InChI=1S/C21H19F3N4OS.ClH/c1-13-5-6-16-18(27-15-4-2-3-14(11-15)21(22,23)24)17(12-25-19(16)26-13)20(29)28-7-9-30-10-8-28;/h2-6,11-12H,7-10H2,1H3,(H,25,26,27);1H. The van der Waals surface area contributed by atoms with Gasteiger partial charge in [0.05, 0.1) is 16.8 Å². The number of halogens is 4. The number of carbonyl (C=O) groups is 1. The molecule has 0 aliphatic carbocycles. The zero-order valence-corrected chi connectivity index (χ0v) is 18.2. The minimum atomic E-state index is -4.46. The summed E-state index contributed by atoms with van der Waals surface area (Å²) in [7, 11) is 0. The average molecular weight is 469 g/mol. The number of thioether (sulfide) groups is 1. The van der Waals surface area contributed by atoms with Crippen LogP contribution in [0.25, 0.3) is 11.0 Å². The number of alkyl halides is 3. The molecule has 2 aromatic heterocycles. The number of carbonyl (C=O) groups excluding carboxylic acids is 1. The first-order chi connectivity index (χ1) is 14.3. The van der Waals surface area contributed by atoms with Gasteiger partial charge in [-0.25, -0.2) is 9.97 Å². The van der Waals surface area contributed by atoms with E-state index in [4.69, 9.17) is 0 Å². The van der Waals surface area contributed by atoms with E-state index in [0.29, 0.717) is 35.4 Å². The molecule has 10 heteroatoms. The van der Waals surface area contributed by atoms with Crippen molar-refractivity contribution in [2.24, 2.45) is 0 Å². The highest BCUT2D eigenvalue weighted by Crippen LogP contribution is 2.34. The lowest BCUT2D eigenvalue weighted by Gasteiger charge is -2.27. The maximum Gasteiger partial charge on any atom is 0.416 e. The number of nitrogens with one attached hydrogen (secondary N) is 1. The number of aryl methyl sites for hydroxylation is 1. The van der Waals surface area contributed by atoms with Crippen LogP contribution in [0.2, 0.25) is 0 Å². The molecule has 0 radical (unpaired) electrons. The number of amides is 1. The summed E-state index contributed by atoms with van der Waals surface area (Å²) in [5.41, 5.74) is 1.39. The summed E-state index contributed by atoms with van der Waals surface area (Å²) in [5, 5.41) is 3.61. The number of aromatic nitrogens is 2. The van der Waals surface area contributed by atoms with Gasteiger partial charge >= 0.3 is 6.18 Å². The Balaban J connectivity index is 0.00000272. The second-order valence-corrected chi connectivity index (χ2v) is 8.20. The van der Waals surface area contributed by atoms with Crippen LogP contribution < -0.4 is 5.32 Å². The zero-order chi connectivity index (χ0) is 21.3. The van der Waals surface area contributed by atoms with Crippen molar-refractivity contribution in [1.82, 2.24) is 14.9 Å². The van der Waals surface area contributed by atoms with Gasteiger partial charge < -0.3 is 10.2 Å². The lowest BCUT2D eigenvalue weighted by atomic mass is 10.1. The molecule has 3 heterocycles. The summed E-state index contributed by atoms with van der Waals surface area (Å²) in [4.78, 5) is 23.7. The van der Waals surface area contributed by atoms with E-state index in [9.17, 15) is 18.0 Å². The van der Waals surface area contributed by atoms with E-state index < -0.39 is 11.7 Å². The van der Waals surface area contributed by atoms with Gasteiger partial charge in [0.1, 0.15) is 0 Å². The Bertz CT molecular complexity index is 1100. The van der Waals surface area contributed by atoms with Crippen LogP contribution in [0.4, 0.5) is 24.5 Å². The zero-order valence-electron chi connectivity index (χ0n) is 16.6. The predicted molar refractivity (Wildman–Crippen MR) is 119 cm³/mol. The molecule has 0 bridgehead atoms. The monoisotopic (exact) mass is 468 g/mol. The van der Waals surface area contributed by atoms with E-state index in [0.717, 1.165) is 29.3 Å². The fraction of sp³-hybridized carbons (Fsp3) is 0.286. The molecule has 31 heavy (non-hydrogen) atoms. The van der Waals surface area contributed by atoms with Gasteiger partial charge in [0.25, 0.3) is 5.91 Å². The van der Waals surface area contributed by atoms with Gasteiger partial charge in [-0.1, -0.05) is 6.07 Å². The first-order valence-corrected chi connectivity index (χ1v) is 10.6. The molecular formula is C21H20ClF3N4OS. The van der Waals surface area contributed by atoms with Crippen molar-refractivity contribution in [2.45, 2.75) is 13.1 Å². The van der Waals surface area contributed by atoms with Crippen molar-refractivity contribution in [3.05, 3.63) is 59.4 Å². The number of pyridine rings is 2. The van der Waals surface area contributed by atoms with Crippen molar-refractivity contribution in [1.29, 1.82) is 0 Å². The van der Waals surface area contributed by atoms with Crippen LogP contribution in [0.15, 0.2) is 42.6 Å². The van der Waals surface area contributed by atoms with E-state index in [1.807, 2.05) is 6.92 Å². The van der Waals surface area contributed by atoms with E-state index in [-0.39, 0.29) is 24.0 Å². The highest BCUT2D eigenvalue weighted by atomic mass is 35.5. The number of anilines is 2. The highest BCUT2D eigenvalue weighted by Gasteiger charge is 2.30. The predicted octanol–water partition coefficient (Wildman–Crippen LogP) is 5.31. The van der Waals surface area contributed by atoms with E-state index in [1.165, 1.54) is 18.3 Å². The third-order valence-corrected chi connectivity index (χ3v) is 5.80. The first kappa shape index (κ1) is 23.1. The molecule has 1 aliphatic heterocycles. The SMILES string of the molecule is Cc1ccc2c(Nc3cccc(C(F)(F)F)c3)c(C(=O)N3CCSCC3)cnc2n1.Cl. The van der Waals surface area contributed by atoms with Crippen molar-refractivity contribution in [3.8, 4) is 0 Å². The van der Waals surface area contributed by atoms with Gasteiger partial charge in [-0.05, 0) is 37.3 Å². The van der Waals surface area contributed by atoms with Gasteiger partial charge in [-0.3, -0.25) is 4.79 Å². The fourth-order valence-corrected chi connectivity index (χ4v) is 4.23. The van der Waals surface area contributed by atoms with Crippen LogP contribution in [0.3, 0.4) is 0 Å². The molecule has 1 amide bonds. The normalized spacial score (nSPS) is 14.3. The van der Waals surface area contributed by atoms with Crippen molar-refractivity contribution in [3.63, 3.8) is 0 Å². The lowest BCUT2D eigenvalue weighted by Crippen LogP contribution is -2.38. The van der Waals surface area contributed by atoms with Gasteiger partial charge in [0, 0.05) is 47.6 Å². The molecule has 3 aromatic rings. The number of hydrogen-bond donors (Lipinski definition) is 1. The van der Waals surface area contributed by atoms with Crippen LogP contribution in [0, 0.1) is 6.92 Å². The molecule has 0 saturated carbocycles. The number of benzene rings is 1. The molecule has 1 aliphatic rings. The molecular weight excluding hydrogens is 449 g/mol. The second kappa shape index (κ2) is 9.32. The van der Waals surface area contributed by atoms with E-state index in [1.54, 1.807) is 28.8 Å². The van der Waals surface area contributed by atoms with Crippen molar-refractivity contribution >= 4 is 52.5 Å². The Morgan fingerprint density at radius 1 is 1.16 bits per heavy atom. The molecule has 0 spiro atoms. The minimum absolute atomic E-state index is 0. The van der Waals surface area contributed by atoms with E-state index in [2.05, 4.69) is 15.3 Å². The molecule has 0 unspecified atom stereocenters. The van der Waals surface area contributed by atoms with Gasteiger partial charge in [0.15, 0.2) is 5.65 Å². The Hall–Kier alpha value is -2.52. The maximum absolute atomic E-state index is 13.2. The molecule has 5 nitrogen and oxygen atoms in total. The summed E-state index contributed by atoms with van der Waals surface area (Å²) in [6.45, 7) is 3.07. The van der Waals surface area contributed by atoms with Crippen LogP contribution in [-0.4, -0.2) is 45.4 Å².